The van der Waals surface area contributed by atoms with Crippen molar-refractivity contribution >= 4 is 23.5 Å². The maximum absolute atomic E-state index is 13.0. The number of aliphatic hydroxyl groups is 1. The van der Waals surface area contributed by atoms with Gasteiger partial charge in [-0.3, -0.25) is 19.7 Å². The van der Waals surface area contributed by atoms with Crippen LogP contribution in [0.15, 0.2) is 83.2 Å². The van der Waals surface area contributed by atoms with Crippen LogP contribution in [0.25, 0.3) is 6.08 Å². The highest BCUT2D eigenvalue weighted by Gasteiger charge is 2.43. The van der Waals surface area contributed by atoms with Gasteiger partial charge in [-0.2, -0.15) is 0 Å². The maximum Gasteiger partial charge on any atom is 0.290 e. The summed E-state index contributed by atoms with van der Waals surface area (Å²) in [5.41, 5.74) is 0.0487. The first kappa shape index (κ1) is 21.8. The molecular weight excluding hydrogens is 428 g/mol. The van der Waals surface area contributed by atoms with E-state index in [0.29, 0.717) is 24.3 Å². The molecule has 1 aliphatic rings. The van der Waals surface area contributed by atoms with E-state index >= 15 is 0 Å². The third-order valence-corrected chi connectivity index (χ3v) is 5.28. The summed E-state index contributed by atoms with van der Waals surface area (Å²) in [6.45, 7) is 0.779. The van der Waals surface area contributed by atoms with Gasteiger partial charge in [-0.25, -0.2) is 4.98 Å². The largest absolute Gasteiger partial charge is 0.503 e. The van der Waals surface area contributed by atoms with Gasteiger partial charge in [0.2, 0.25) is 0 Å². The van der Waals surface area contributed by atoms with E-state index in [4.69, 9.17) is 4.42 Å². The van der Waals surface area contributed by atoms with Crippen LogP contribution in [0.1, 0.15) is 23.8 Å². The Balaban J connectivity index is 1.66. The van der Waals surface area contributed by atoms with Crippen LogP contribution >= 0.6 is 0 Å². The Bertz CT molecular complexity index is 1230. The summed E-state index contributed by atoms with van der Waals surface area (Å²) >= 11 is 0. The summed E-state index contributed by atoms with van der Waals surface area (Å²) in [6.07, 6.45) is 9.68. The molecule has 0 saturated carbocycles. The molecule has 10 heteroatoms. The second-order valence-corrected chi connectivity index (χ2v) is 7.38. The van der Waals surface area contributed by atoms with Crippen LogP contribution in [-0.2, 0) is 16.1 Å². The highest BCUT2D eigenvalue weighted by Crippen LogP contribution is 2.39. The Kier molecular flexibility index (Phi) is 6.16. The lowest BCUT2D eigenvalue weighted by Gasteiger charge is -2.26. The maximum atomic E-state index is 13.0. The molecule has 0 radical (unpaired) electrons. The van der Waals surface area contributed by atoms with Gasteiger partial charge in [0, 0.05) is 37.6 Å². The summed E-state index contributed by atoms with van der Waals surface area (Å²) in [6, 6.07) is 8.06. The summed E-state index contributed by atoms with van der Waals surface area (Å²) in [4.78, 5) is 42.0. The van der Waals surface area contributed by atoms with Gasteiger partial charge in [0.05, 0.1) is 29.1 Å². The van der Waals surface area contributed by atoms with Crippen LogP contribution in [0.3, 0.4) is 0 Å². The van der Waals surface area contributed by atoms with Crippen LogP contribution < -0.4 is 0 Å². The minimum absolute atomic E-state index is 0.133. The Labute approximate surface area is 188 Å². The number of aryl methyl sites for hydroxylation is 1. The molecular formula is C23H20N4O6. The van der Waals surface area contributed by atoms with E-state index in [-0.39, 0.29) is 17.8 Å². The first-order valence-electron chi connectivity index (χ1n) is 10.2. The van der Waals surface area contributed by atoms with E-state index in [0.717, 1.165) is 0 Å². The van der Waals surface area contributed by atoms with E-state index in [9.17, 15) is 24.8 Å². The van der Waals surface area contributed by atoms with Crippen molar-refractivity contribution in [3.05, 3.63) is 100 Å². The first-order chi connectivity index (χ1) is 16.0. The molecule has 1 aromatic carbocycles. The molecule has 3 heterocycles. The standard InChI is InChI=1S/C23H20N4O6/c28-19(8-7-18-6-2-13-33-18)20-21(16-4-1-5-17(14-16)27(31)32)26(23(30)22(20)29)11-3-10-25-12-9-24-15-25/h1-2,4-9,12-15,21,29H,3,10-11H2/b8-7+. The fraction of sp³-hybridized carbons (Fsp3) is 0.174. The average molecular weight is 448 g/mol. The van der Waals surface area contributed by atoms with Crippen molar-refractivity contribution in [1.29, 1.82) is 0 Å². The SMILES string of the molecule is O=C(/C=C/c1ccco1)C1=C(O)C(=O)N(CCCn2ccnc2)C1c1cccc([N+](=O)[O-])c1. The third kappa shape index (κ3) is 4.59. The number of rotatable bonds is 9. The second kappa shape index (κ2) is 9.35. The predicted molar refractivity (Wildman–Crippen MR) is 117 cm³/mol. The fourth-order valence-corrected chi connectivity index (χ4v) is 3.77. The number of nitrogens with zero attached hydrogens (tertiary/aromatic N) is 4. The molecule has 10 nitrogen and oxygen atoms in total. The monoisotopic (exact) mass is 448 g/mol. The number of furan rings is 1. The zero-order chi connectivity index (χ0) is 23.4. The van der Waals surface area contributed by atoms with Crippen LogP contribution in [0.4, 0.5) is 5.69 Å². The predicted octanol–water partition coefficient (Wildman–Crippen LogP) is 3.45. The van der Waals surface area contributed by atoms with Crippen LogP contribution in [0, 0.1) is 10.1 Å². The molecule has 1 N–H and O–H groups in total. The molecule has 0 fully saturated rings. The van der Waals surface area contributed by atoms with Gasteiger partial charge >= 0.3 is 0 Å². The highest BCUT2D eigenvalue weighted by molar-refractivity contribution is 6.14. The van der Waals surface area contributed by atoms with Gasteiger partial charge < -0.3 is 19.0 Å². The Morgan fingerprint density at radius 1 is 1.27 bits per heavy atom. The molecule has 2 aromatic heterocycles. The number of carbonyl (C=O) groups excluding carboxylic acids is 2. The number of aromatic nitrogens is 2. The quantitative estimate of drug-likeness (QED) is 0.301. The molecule has 33 heavy (non-hydrogen) atoms. The molecule has 1 unspecified atom stereocenters. The molecule has 0 saturated heterocycles. The van der Waals surface area contributed by atoms with Crippen LogP contribution in [0.2, 0.25) is 0 Å². The van der Waals surface area contributed by atoms with Crippen molar-refractivity contribution in [2.24, 2.45) is 0 Å². The first-order valence-corrected chi connectivity index (χ1v) is 10.2. The number of imidazole rings is 1. The van der Waals surface area contributed by atoms with Crippen LogP contribution in [0.5, 0.6) is 0 Å². The van der Waals surface area contributed by atoms with E-state index < -0.39 is 28.4 Å². The molecule has 4 rings (SSSR count). The van der Waals surface area contributed by atoms with E-state index in [1.807, 2.05) is 4.57 Å². The summed E-state index contributed by atoms with van der Waals surface area (Å²) in [7, 11) is 0. The van der Waals surface area contributed by atoms with Crippen molar-refractivity contribution in [1.82, 2.24) is 14.5 Å². The molecule has 3 aromatic rings. The molecule has 0 aliphatic carbocycles. The summed E-state index contributed by atoms with van der Waals surface area (Å²) in [5.74, 6) is -1.53. The Morgan fingerprint density at radius 2 is 2.12 bits per heavy atom. The number of aliphatic hydroxyl groups excluding tert-OH is 1. The van der Waals surface area contributed by atoms with Crippen molar-refractivity contribution in [3.63, 3.8) is 0 Å². The summed E-state index contributed by atoms with van der Waals surface area (Å²) in [5, 5.41) is 21.9. The lowest BCUT2D eigenvalue weighted by Crippen LogP contribution is -2.32. The molecule has 168 valence electrons. The number of amides is 1. The van der Waals surface area contributed by atoms with Crippen molar-refractivity contribution in [2.45, 2.75) is 19.0 Å². The van der Waals surface area contributed by atoms with Gasteiger partial charge in [0.15, 0.2) is 11.5 Å². The molecule has 1 atom stereocenters. The normalized spacial score (nSPS) is 16.2. The Morgan fingerprint density at radius 3 is 2.82 bits per heavy atom. The number of hydrogen-bond donors (Lipinski definition) is 1. The third-order valence-electron chi connectivity index (χ3n) is 5.28. The number of non-ortho nitro benzene ring substituents is 1. The topological polar surface area (TPSA) is 132 Å². The number of ketones is 1. The second-order valence-electron chi connectivity index (χ2n) is 7.38. The molecule has 1 aliphatic heterocycles. The van der Waals surface area contributed by atoms with Gasteiger partial charge in [-0.15, -0.1) is 0 Å². The minimum atomic E-state index is -0.964. The van der Waals surface area contributed by atoms with E-state index in [1.165, 1.54) is 41.5 Å². The Hall–Kier alpha value is -4.47. The lowest BCUT2D eigenvalue weighted by atomic mass is 9.95. The number of nitro benzene ring substituents is 1. The van der Waals surface area contributed by atoms with Crippen molar-refractivity contribution < 1.29 is 24.0 Å². The van der Waals surface area contributed by atoms with Gasteiger partial charge in [0.1, 0.15) is 5.76 Å². The van der Waals surface area contributed by atoms with Crippen LogP contribution in [-0.4, -0.2) is 42.7 Å². The highest BCUT2D eigenvalue weighted by atomic mass is 16.6. The zero-order valence-corrected chi connectivity index (χ0v) is 17.4. The van der Waals surface area contributed by atoms with Crippen molar-refractivity contribution in [3.8, 4) is 0 Å². The van der Waals surface area contributed by atoms with E-state index in [1.54, 1.807) is 36.9 Å². The number of nitro groups is 1. The molecule has 0 bridgehead atoms. The fourth-order valence-electron chi connectivity index (χ4n) is 3.77. The average Bonchev–Trinajstić information content (AvgIpc) is 3.56. The summed E-state index contributed by atoms with van der Waals surface area (Å²) < 4.78 is 7.02. The van der Waals surface area contributed by atoms with Gasteiger partial charge in [-0.1, -0.05) is 12.1 Å². The molecule has 1 amide bonds. The smallest absolute Gasteiger partial charge is 0.290 e. The molecule has 0 spiro atoms. The van der Waals surface area contributed by atoms with E-state index in [2.05, 4.69) is 4.98 Å². The number of allylic oxidation sites excluding steroid dienone is 1. The van der Waals surface area contributed by atoms with Crippen molar-refractivity contribution in [2.75, 3.05) is 6.54 Å². The van der Waals surface area contributed by atoms with Gasteiger partial charge in [0.25, 0.3) is 11.6 Å². The zero-order valence-electron chi connectivity index (χ0n) is 17.4. The minimum Gasteiger partial charge on any atom is -0.503 e. The van der Waals surface area contributed by atoms with Gasteiger partial charge in [-0.05, 0) is 36.3 Å². The number of carbonyl (C=O) groups is 2. The number of hydrogen-bond acceptors (Lipinski definition) is 7. The number of benzene rings is 1. The lowest BCUT2D eigenvalue weighted by molar-refractivity contribution is -0.384.